The van der Waals surface area contributed by atoms with Gasteiger partial charge in [0.2, 0.25) is 11.8 Å². The van der Waals surface area contributed by atoms with Crippen molar-refractivity contribution in [1.82, 2.24) is 9.80 Å². The van der Waals surface area contributed by atoms with Gasteiger partial charge in [-0.2, -0.15) is 8.78 Å². The lowest BCUT2D eigenvalue weighted by Gasteiger charge is -2.36. The first-order chi connectivity index (χ1) is 13.2. The highest BCUT2D eigenvalue weighted by atomic mass is 19.3. The molecule has 0 saturated carbocycles. The first kappa shape index (κ1) is 20.6. The van der Waals surface area contributed by atoms with Gasteiger partial charge in [-0.05, 0) is 25.5 Å². The third-order valence-electron chi connectivity index (χ3n) is 5.29. The lowest BCUT2D eigenvalue weighted by atomic mass is 10.1. The second-order valence-corrected chi connectivity index (χ2v) is 7.33. The van der Waals surface area contributed by atoms with E-state index in [4.69, 9.17) is 0 Å². The molecule has 9 heteroatoms. The van der Waals surface area contributed by atoms with Crippen LogP contribution in [0.15, 0.2) is 24.3 Å². The van der Waals surface area contributed by atoms with Crippen LogP contribution in [0.2, 0.25) is 0 Å². The molecule has 2 aliphatic heterocycles. The van der Waals surface area contributed by atoms with Crippen molar-refractivity contribution in [1.29, 1.82) is 0 Å². The zero-order valence-corrected chi connectivity index (χ0v) is 15.6. The summed E-state index contributed by atoms with van der Waals surface area (Å²) in [6, 6.07) is 7.46. The molecule has 3 rings (SSSR count). The standard InChI is InChI=1S/C19H23F4N3O2/c1-13-2-4-14(5-3-13)26-7-6-15(17(26)28)16(27)25-10-8-24(9-11-25)12-19(22,23)18(20)21/h2-5,15,18H,6-12H2,1H3. The molecule has 154 valence electrons. The number of nitrogens with zero attached hydrogens (tertiary/aromatic N) is 3. The van der Waals surface area contributed by atoms with E-state index < -0.39 is 24.8 Å². The Morgan fingerprint density at radius 2 is 1.71 bits per heavy atom. The molecule has 1 unspecified atom stereocenters. The normalized spacial score (nSPS) is 21.6. The molecule has 0 bridgehead atoms. The quantitative estimate of drug-likeness (QED) is 0.562. The summed E-state index contributed by atoms with van der Waals surface area (Å²) in [4.78, 5) is 29.7. The van der Waals surface area contributed by atoms with Gasteiger partial charge in [0.1, 0.15) is 5.92 Å². The second kappa shape index (κ2) is 8.06. The highest BCUT2D eigenvalue weighted by Gasteiger charge is 2.44. The Kier molecular flexibility index (Phi) is 5.92. The number of hydrogen-bond acceptors (Lipinski definition) is 3. The smallest absolute Gasteiger partial charge is 0.319 e. The number of carbonyl (C=O) groups excluding carboxylic acids is 2. The van der Waals surface area contributed by atoms with Crippen molar-refractivity contribution in [2.24, 2.45) is 5.92 Å². The molecule has 1 atom stereocenters. The third kappa shape index (κ3) is 4.29. The number of rotatable bonds is 5. The molecule has 5 nitrogen and oxygen atoms in total. The van der Waals surface area contributed by atoms with Gasteiger partial charge in [0.25, 0.3) is 0 Å². The van der Waals surface area contributed by atoms with Crippen LogP contribution in [0.1, 0.15) is 12.0 Å². The van der Waals surface area contributed by atoms with Crippen LogP contribution in [0.3, 0.4) is 0 Å². The molecule has 0 spiro atoms. The first-order valence-corrected chi connectivity index (χ1v) is 9.24. The molecule has 0 N–H and O–H groups in total. The maximum Gasteiger partial charge on any atom is 0.319 e. The van der Waals surface area contributed by atoms with Gasteiger partial charge in [-0.25, -0.2) is 8.78 Å². The van der Waals surface area contributed by atoms with Crippen molar-refractivity contribution in [2.45, 2.75) is 25.7 Å². The molecule has 0 aliphatic carbocycles. The summed E-state index contributed by atoms with van der Waals surface area (Å²) in [5.41, 5.74) is 1.81. The van der Waals surface area contributed by atoms with Crippen LogP contribution in [0.25, 0.3) is 0 Å². The number of anilines is 1. The Balaban J connectivity index is 1.55. The highest BCUT2D eigenvalue weighted by Crippen LogP contribution is 2.28. The van der Waals surface area contributed by atoms with Gasteiger partial charge < -0.3 is 9.80 Å². The van der Waals surface area contributed by atoms with Crippen LogP contribution in [0, 0.1) is 12.8 Å². The molecule has 2 aliphatic rings. The molecule has 0 aromatic heterocycles. The van der Waals surface area contributed by atoms with Crippen LogP contribution in [0.4, 0.5) is 23.2 Å². The number of hydrogen-bond donors (Lipinski definition) is 0. The Hall–Kier alpha value is -2.16. The van der Waals surface area contributed by atoms with Gasteiger partial charge >= 0.3 is 12.3 Å². The summed E-state index contributed by atoms with van der Waals surface area (Å²) in [7, 11) is 0. The van der Waals surface area contributed by atoms with Crippen molar-refractivity contribution in [3.63, 3.8) is 0 Å². The summed E-state index contributed by atoms with van der Waals surface area (Å²) in [5, 5.41) is 0. The molecule has 1 aromatic carbocycles. The number of alkyl halides is 4. The highest BCUT2D eigenvalue weighted by molar-refractivity contribution is 6.09. The molecule has 0 radical (unpaired) electrons. The zero-order chi connectivity index (χ0) is 20.5. The Labute approximate surface area is 160 Å². The maximum absolute atomic E-state index is 13.2. The summed E-state index contributed by atoms with van der Waals surface area (Å²) in [6.45, 7) is 1.81. The molecular formula is C19H23F4N3O2. The Morgan fingerprint density at radius 3 is 2.29 bits per heavy atom. The van der Waals surface area contributed by atoms with E-state index in [1.807, 2.05) is 31.2 Å². The van der Waals surface area contributed by atoms with Crippen molar-refractivity contribution >= 4 is 17.5 Å². The van der Waals surface area contributed by atoms with Crippen LogP contribution < -0.4 is 4.90 Å². The van der Waals surface area contributed by atoms with Crippen molar-refractivity contribution in [3.8, 4) is 0 Å². The van der Waals surface area contributed by atoms with E-state index in [1.54, 1.807) is 4.90 Å². The lowest BCUT2D eigenvalue weighted by molar-refractivity contribution is -0.150. The second-order valence-electron chi connectivity index (χ2n) is 7.33. The average molecular weight is 401 g/mol. The molecule has 2 amide bonds. The van der Waals surface area contributed by atoms with E-state index in [9.17, 15) is 27.2 Å². The number of halogens is 4. The van der Waals surface area contributed by atoms with Gasteiger partial charge in [-0.1, -0.05) is 17.7 Å². The van der Waals surface area contributed by atoms with Crippen LogP contribution in [0.5, 0.6) is 0 Å². The summed E-state index contributed by atoms with van der Waals surface area (Å²) < 4.78 is 51.1. The average Bonchev–Trinajstić information content (AvgIpc) is 3.03. The van der Waals surface area contributed by atoms with Gasteiger partial charge in [0.15, 0.2) is 0 Å². The summed E-state index contributed by atoms with van der Waals surface area (Å²) in [6.07, 6.45) is -3.31. The van der Waals surface area contributed by atoms with Crippen molar-refractivity contribution in [2.75, 3.05) is 44.2 Å². The summed E-state index contributed by atoms with van der Waals surface area (Å²) in [5.74, 6) is -5.43. The molecule has 1 aromatic rings. The minimum absolute atomic E-state index is 0.0800. The minimum Gasteiger partial charge on any atom is -0.339 e. The largest absolute Gasteiger partial charge is 0.339 e. The fourth-order valence-corrected chi connectivity index (χ4v) is 3.60. The van der Waals surface area contributed by atoms with Crippen molar-refractivity contribution < 1.29 is 27.2 Å². The van der Waals surface area contributed by atoms with Crippen LogP contribution >= 0.6 is 0 Å². The molecule has 2 fully saturated rings. The Bertz CT molecular complexity index is 718. The molecule has 2 saturated heterocycles. The molecule has 2 heterocycles. The monoisotopic (exact) mass is 401 g/mol. The molecular weight excluding hydrogens is 378 g/mol. The molecule has 28 heavy (non-hydrogen) atoms. The Morgan fingerprint density at radius 1 is 1.11 bits per heavy atom. The third-order valence-corrected chi connectivity index (χ3v) is 5.29. The number of amides is 2. The van der Waals surface area contributed by atoms with E-state index in [2.05, 4.69) is 0 Å². The van der Waals surface area contributed by atoms with E-state index in [-0.39, 0.29) is 38.0 Å². The van der Waals surface area contributed by atoms with Gasteiger partial charge in [-0.3, -0.25) is 14.5 Å². The lowest BCUT2D eigenvalue weighted by Crippen LogP contribution is -2.54. The SMILES string of the molecule is Cc1ccc(N2CCC(C(=O)N3CCN(CC(F)(F)C(F)F)CC3)C2=O)cc1. The predicted octanol–water partition coefficient (Wildman–Crippen LogP) is 2.39. The van der Waals surface area contributed by atoms with E-state index >= 15 is 0 Å². The van der Waals surface area contributed by atoms with Gasteiger partial charge in [-0.15, -0.1) is 0 Å². The number of piperazine rings is 1. The maximum atomic E-state index is 13.2. The van der Waals surface area contributed by atoms with E-state index in [1.165, 1.54) is 9.80 Å². The number of aryl methyl sites for hydroxylation is 1. The van der Waals surface area contributed by atoms with Crippen molar-refractivity contribution in [3.05, 3.63) is 29.8 Å². The fourth-order valence-electron chi connectivity index (χ4n) is 3.60. The van der Waals surface area contributed by atoms with Crippen LogP contribution in [-0.4, -0.2) is 73.2 Å². The summed E-state index contributed by atoms with van der Waals surface area (Å²) >= 11 is 0. The number of benzene rings is 1. The van der Waals surface area contributed by atoms with E-state index in [0.29, 0.717) is 13.0 Å². The predicted molar refractivity (Wildman–Crippen MR) is 95.6 cm³/mol. The van der Waals surface area contributed by atoms with Gasteiger partial charge in [0.05, 0.1) is 6.54 Å². The fraction of sp³-hybridized carbons (Fsp3) is 0.579. The minimum atomic E-state index is -4.07. The number of carbonyl (C=O) groups is 2. The van der Waals surface area contributed by atoms with Gasteiger partial charge in [0, 0.05) is 38.4 Å². The topological polar surface area (TPSA) is 43.9 Å². The first-order valence-electron chi connectivity index (χ1n) is 9.24. The van der Waals surface area contributed by atoms with E-state index in [0.717, 1.165) is 11.3 Å². The van der Waals surface area contributed by atoms with Crippen LogP contribution in [-0.2, 0) is 9.59 Å². The zero-order valence-electron chi connectivity index (χ0n) is 15.6.